The molecule has 0 unspecified atom stereocenters. The Morgan fingerprint density at radius 1 is 0.970 bits per heavy atom. The molecule has 4 rings (SSSR count). The number of hydrogen-bond acceptors (Lipinski definition) is 5. The third-order valence-corrected chi connectivity index (χ3v) is 7.49. The minimum atomic E-state index is -4.00. The lowest BCUT2D eigenvalue weighted by molar-refractivity contribution is 0.371. The van der Waals surface area contributed by atoms with Crippen LogP contribution in [0.1, 0.15) is 29.2 Å². The fourth-order valence-corrected chi connectivity index (χ4v) is 5.60. The van der Waals surface area contributed by atoms with Gasteiger partial charge in [0.1, 0.15) is 5.82 Å². The molecule has 0 saturated carbocycles. The second-order valence-electron chi connectivity index (χ2n) is 7.86. The standard InChI is InChI=1S/C23H22FN3O4S2/c1-16-6-12-21(13-7-16)33(30,31)27-23(17-8-10-19(24)11-9-17)15-22(25-27)18-4-3-5-20(14-18)26-32(2,28)29/h3-14,23,26H,15H2,1-2H3/t23-/m0/s1. The van der Waals surface area contributed by atoms with Crippen LogP contribution in [0.4, 0.5) is 10.1 Å². The molecule has 10 heteroatoms. The second kappa shape index (κ2) is 8.60. The molecule has 1 N–H and O–H groups in total. The third-order valence-electron chi connectivity index (χ3n) is 5.19. The Morgan fingerprint density at radius 3 is 2.27 bits per heavy atom. The maximum absolute atomic E-state index is 13.5. The molecule has 0 amide bonds. The van der Waals surface area contributed by atoms with Crippen LogP contribution < -0.4 is 4.72 Å². The Morgan fingerprint density at radius 2 is 1.64 bits per heavy atom. The highest BCUT2D eigenvalue weighted by molar-refractivity contribution is 7.92. The van der Waals surface area contributed by atoms with Crippen molar-refractivity contribution in [2.24, 2.45) is 5.10 Å². The first kappa shape index (κ1) is 22.9. The summed E-state index contributed by atoms with van der Waals surface area (Å²) >= 11 is 0. The first-order valence-corrected chi connectivity index (χ1v) is 13.4. The van der Waals surface area contributed by atoms with Gasteiger partial charge in [-0.2, -0.15) is 17.9 Å². The number of halogens is 1. The van der Waals surface area contributed by atoms with Crippen molar-refractivity contribution in [3.8, 4) is 0 Å². The fourth-order valence-electron chi connectivity index (χ4n) is 3.61. The molecule has 0 radical (unpaired) electrons. The number of nitrogens with one attached hydrogen (secondary N) is 1. The minimum Gasteiger partial charge on any atom is -0.284 e. The van der Waals surface area contributed by atoms with Crippen LogP contribution >= 0.6 is 0 Å². The van der Waals surface area contributed by atoms with Crippen LogP contribution in [0.3, 0.4) is 0 Å². The van der Waals surface area contributed by atoms with Gasteiger partial charge < -0.3 is 0 Å². The summed E-state index contributed by atoms with van der Waals surface area (Å²) in [6.07, 6.45) is 1.28. The lowest BCUT2D eigenvalue weighted by Crippen LogP contribution is -2.27. The quantitative estimate of drug-likeness (QED) is 0.568. The van der Waals surface area contributed by atoms with E-state index in [1.54, 1.807) is 36.4 Å². The normalized spacial score (nSPS) is 16.5. The van der Waals surface area contributed by atoms with Gasteiger partial charge in [0.15, 0.2) is 0 Å². The average molecular weight is 488 g/mol. The fraction of sp³-hybridized carbons (Fsp3) is 0.174. The Bertz CT molecular complexity index is 1420. The second-order valence-corrected chi connectivity index (χ2v) is 11.4. The summed E-state index contributed by atoms with van der Waals surface area (Å²) in [6, 6.07) is 18.0. The number of aryl methyl sites for hydroxylation is 1. The number of nitrogens with zero attached hydrogens (tertiary/aromatic N) is 2. The van der Waals surface area contributed by atoms with E-state index in [4.69, 9.17) is 0 Å². The Hall–Kier alpha value is -3.24. The third kappa shape index (κ3) is 5.07. The minimum absolute atomic E-state index is 0.0951. The zero-order valence-corrected chi connectivity index (χ0v) is 19.6. The molecule has 1 heterocycles. The molecule has 33 heavy (non-hydrogen) atoms. The van der Waals surface area contributed by atoms with E-state index in [0.29, 0.717) is 22.5 Å². The summed E-state index contributed by atoms with van der Waals surface area (Å²) in [4.78, 5) is 0.0951. The SMILES string of the molecule is Cc1ccc(S(=O)(=O)N2N=C(c3cccc(NS(C)(=O)=O)c3)C[C@H]2c2ccc(F)cc2)cc1. The highest BCUT2D eigenvalue weighted by atomic mass is 32.2. The van der Waals surface area contributed by atoms with Gasteiger partial charge in [-0.1, -0.05) is 42.0 Å². The number of hydrazone groups is 1. The summed E-state index contributed by atoms with van der Waals surface area (Å²) in [5.41, 5.74) is 2.91. The van der Waals surface area contributed by atoms with Gasteiger partial charge in [-0.05, 0) is 54.4 Å². The first-order chi connectivity index (χ1) is 15.5. The number of anilines is 1. The zero-order chi connectivity index (χ0) is 23.8. The summed E-state index contributed by atoms with van der Waals surface area (Å²) in [6.45, 7) is 1.86. The Kier molecular flexibility index (Phi) is 5.98. The molecule has 0 fully saturated rings. The maximum Gasteiger partial charge on any atom is 0.279 e. The summed E-state index contributed by atoms with van der Waals surface area (Å²) in [5.74, 6) is -0.426. The van der Waals surface area contributed by atoms with Crippen molar-refractivity contribution in [1.29, 1.82) is 0 Å². The summed E-state index contributed by atoms with van der Waals surface area (Å²) in [5, 5.41) is 4.44. The molecule has 1 atom stereocenters. The molecule has 1 aliphatic rings. The van der Waals surface area contributed by atoms with E-state index in [2.05, 4.69) is 9.82 Å². The van der Waals surface area contributed by atoms with Gasteiger partial charge in [0.05, 0.1) is 22.9 Å². The van der Waals surface area contributed by atoms with E-state index in [1.807, 2.05) is 6.92 Å². The predicted octanol–water partition coefficient (Wildman–Crippen LogP) is 4.05. The summed E-state index contributed by atoms with van der Waals surface area (Å²) in [7, 11) is -7.48. The largest absolute Gasteiger partial charge is 0.284 e. The molecule has 3 aromatic rings. The molecule has 7 nitrogen and oxygen atoms in total. The molecule has 0 spiro atoms. The highest BCUT2D eigenvalue weighted by Crippen LogP contribution is 2.37. The average Bonchev–Trinajstić information content (AvgIpc) is 3.20. The van der Waals surface area contributed by atoms with Crippen molar-refractivity contribution >= 4 is 31.4 Å². The number of hydrogen-bond donors (Lipinski definition) is 1. The number of sulfonamides is 2. The molecular weight excluding hydrogens is 465 g/mol. The van der Waals surface area contributed by atoms with Crippen LogP contribution in [0.2, 0.25) is 0 Å². The van der Waals surface area contributed by atoms with Crippen molar-refractivity contribution in [2.45, 2.75) is 24.3 Å². The van der Waals surface area contributed by atoms with Gasteiger partial charge in [0.25, 0.3) is 10.0 Å². The van der Waals surface area contributed by atoms with Crippen molar-refractivity contribution in [1.82, 2.24) is 4.41 Å². The lowest BCUT2D eigenvalue weighted by atomic mass is 9.99. The van der Waals surface area contributed by atoms with E-state index in [0.717, 1.165) is 16.2 Å². The van der Waals surface area contributed by atoms with E-state index < -0.39 is 31.9 Å². The van der Waals surface area contributed by atoms with E-state index >= 15 is 0 Å². The molecule has 0 saturated heterocycles. The van der Waals surface area contributed by atoms with Crippen LogP contribution in [0.15, 0.2) is 82.8 Å². The van der Waals surface area contributed by atoms with Gasteiger partial charge in [-0.25, -0.2) is 12.8 Å². The molecular formula is C23H22FN3O4S2. The Balaban J connectivity index is 1.78. The zero-order valence-electron chi connectivity index (χ0n) is 17.9. The van der Waals surface area contributed by atoms with E-state index in [9.17, 15) is 21.2 Å². The highest BCUT2D eigenvalue weighted by Gasteiger charge is 2.37. The summed E-state index contributed by atoms with van der Waals surface area (Å²) < 4.78 is 67.1. The lowest BCUT2D eigenvalue weighted by Gasteiger charge is -2.23. The van der Waals surface area contributed by atoms with Gasteiger partial charge in [-0.3, -0.25) is 4.72 Å². The van der Waals surface area contributed by atoms with Crippen LogP contribution in [0.5, 0.6) is 0 Å². The van der Waals surface area contributed by atoms with Crippen molar-refractivity contribution in [3.63, 3.8) is 0 Å². The Labute approximate surface area is 192 Å². The maximum atomic E-state index is 13.5. The smallest absolute Gasteiger partial charge is 0.279 e. The van der Waals surface area contributed by atoms with Crippen LogP contribution in [0.25, 0.3) is 0 Å². The van der Waals surface area contributed by atoms with Crippen molar-refractivity contribution < 1.29 is 21.2 Å². The predicted molar refractivity (Wildman–Crippen MR) is 125 cm³/mol. The van der Waals surface area contributed by atoms with Crippen LogP contribution in [-0.4, -0.2) is 33.2 Å². The van der Waals surface area contributed by atoms with Crippen LogP contribution in [-0.2, 0) is 20.0 Å². The molecule has 0 bridgehead atoms. The van der Waals surface area contributed by atoms with Crippen LogP contribution in [0, 0.1) is 12.7 Å². The number of benzene rings is 3. The first-order valence-electron chi connectivity index (χ1n) is 10.1. The van der Waals surface area contributed by atoms with Crippen molar-refractivity contribution in [3.05, 3.63) is 95.3 Å². The van der Waals surface area contributed by atoms with Gasteiger partial charge in [0, 0.05) is 12.1 Å². The molecule has 1 aliphatic heterocycles. The van der Waals surface area contributed by atoms with Gasteiger partial charge >= 0.3 is 0 Å². The van der Waals surface area contributed by atoms with Crippen molar-refractivity contribution in [2.75, 3.05) is 11.0 Å². The van der Waals surface area contributed by atoms with E-state index in [1.165, 1.54) is 36.4 Å². The molecule has 3 aromatic carbocycles. The topological polar surface area (TPSA) is 95.9 Å². The van der Waals surface area contributed by atoms with Gasteiger partial charge in [0.2, 0.25) is 10.0 Å². The monoisotopic (exact) mass is 487 g/mol. The van der Waals surface area contributed by atoms with Gasteiger partial charge in [-0.15, -0.1) is 0 Å². The molecule has 172 valence electrons. The number of rotatable bonds is 6. The molecule has 0 aromatic heterocycles. The van der Waals surface area contributed by atoms with E-state index in [-0.39, 0.29) is 11.3 Å². The molecule has 0 aliphatic carbocycles.